The van der Waals surface area contributed by atoms with Crippen LogP contribution in [0.2, 0.25) is 0 Å². The smallest absolute Gasteiger partial charge is 0.110 e. The fraction of sp³-hybridized carbons (Fsp3) is 0.926. The lowest BCUT2D eigenvalue weighted by atomic mass is 9.53. The summed E-state index contributed by atoms with van der Waals surface area (Å²) in [5, 5.41) is 0. The predicted octanol–water partition coefficient (Wildman–Crippen LogP) is 8.62. The largest absolute Gasteiger partial charge is 0.304 e. The van der Waals surface area contributed by atoms with Gasteiger partial charge in [-0.15, -0.1) is 0 Å². The van der Waals surface area contributed by atoms with Crippen LogP contribution in [0.15, 0.2) is 12.2 Å². The average molecular weight is 513 g/mol. The van der Waals surface area contributed by atoms with Gasteiger partial charge < -0.3 is 3.07 Å². The first-order chi connectivity index (χ1) is 13.7. The zero-order chi connectivity index (χ0) is 21.0. The minimum absolute atomic E-state index is 0.0344. The van der Waals surface area contributed by atoms with Crippen LogP contribution in [0.3, 0.4) is 0 Å². The fourth-order valence-electron chi connectivity index (χ4n) is 9.30. The molecule has 0 aromatic heterocycles. The monoisotopic (exact) mass is 512 g/mol. The Hall–Kier alpha value is 0.430. The van der Waals surface area contributed by atoms with Crippen LogP contribution in [0.4, 0.5) is 0 Å². The van der Waals surface area contributed by atoms with E-state index in [0.717, 1.165) is 35.5 Å². The Bertz CT molecular complexity index is 628. The lowest BCUT2D eigenvalue weighted by molar-refractivity contribution is -0.0346. The van der Waals surface area contributed by atoms with Crippen molar-refractivity contribution in [1.82, 2.24) is 0 Å². The Labute approximate surface area is 194 Å². The summed E-state index contributed by atoms with van der Waals surface area (Å²) >= 11 is 2.24. The summed E-state index contributed by atoms with van der Waals surface area (Å²) in [5.41, 5.74) is 0.857. The Kier molecular flexibility index (Phi) is 6.31. The third kappa shape index (κ3) is 3.23. The van der Waals surface area contributed by atoms with Crippen LogP contribution in [0.1, 0.15) is 99.3 Å². The van der Waals surface area contributed by atoms with E-state index in [4.69, 9.17) is 3.07 Å². The SMILES string of the molecule is CC(C)CCC[C@@H](C)[C@H]1CCC2C3C(CC[C@@]21C)[C@@]1(C)CCC=C[C@@]1(OI)C3C. The van der Waals surface area contributed by atoms with Crippen molar-refractivity contribution in [1.29, 1.82) is 0 Å². The van der Waals surface area contributed by atoms with Crippen LogP contribution < -0.4 is 0 Å². The molecule has 0 N–H and O–H groups in total. The van der Waals surface area contributed by atoms with Crippen LogP contribution >= 0.6 is 23.0 Å². The zero-order valence-corrected chi connectivity index (χ0v) is 22.0. The van der Waals surface area contributed by atoms with Crippen molar-refractivity contribution < 1.29 is 3.07 Å². The first-order valence-electron chi connectivity index (χ1n) is 12.7. The summed E-state index contributed by atoms with van der Waals surface area (Å²) in [7, 11) is 0. The molecule has 0 aromatic rings. The van der Waals surface area contributed by atoms with Crippen molar-refractivity contribution in [2.24, 2.45) is 52.3 Å². The molecule has 4 unspecified atom stereocenters. The first-order valence-corrected chi connectivity index (χ1v) is 13.6. The number of allylic oxidation sites excluding steroid dienone is 1. The van der Waals surface area contributed by atoms with Gasteiger partial charge in [-0.25, -0.2) is 0 Å². The Morgan fingerprint density at radius 3 is 2.48 bits per heavy atom. The highest BCUT2D eigenvalue weighted by Gasteiger charge is 2.70. The molecule has 0 aromatic carbocycles. The predicted molar refractivity (Wildman–Crippen MR) is 132 cm³/mol. The molecule has 3 saturated carbocycles. The fourth-order valence-corrected chi connectivity index (χ4v) is 10.4. The third-order valence-electron chi connectivity index (χ3n) is 10.8. The van der Waals surface area contributed by atoms with Crippen molar-refractivity contribution in [3.8, 4) is 0 Å². The molecule has 4 aliphatic carbocycles. The average Bonchev–Trinajstić information content (AvgIpc) is 3.12. The Morgan fingerprint density at radius 1 is 1.03 bits per heavy atom. The van der Waals surface area contributed by atoms with E-state index >= 15 is 0 Å². The summed E-state index contributed by atoms with van der Waals surface area (Å²) in [4.78, 5) is 0. The maximum Gasteiger partial charge on any atom is 0.110 e. The van der Waals surface area contributed by atoms with E-state index in [0.29, 0.717) is 16.7 Å². The third-order valence-corrected chi connectivity index (χ3v) is 11.6. The van der Waals surface area contributed by atoms with Gasteiger partial charge in [-0.05, 0) is 85.4 Å². The molecule has 4 aliphatic rings. The van der Waals surface area contributed by atoms with E-state index < -0.39 is 0 Å². The van der Waals surface area contributed by atoms with Gasteiger partial charge in [0.25, 0.3) is 0 Å². The van der Waals surface area contributed by atoms with E-state index in [9.17, 15) is 0 Å². The number of hydrogen-bond acceptors (Lipinski definition) is 1. The van der Waals surface area contributed by atoms with E-state index in [1.807, 2.05) is 0 Å². The molecule has 0 bridgehead atoms. The minimum Gasteiger partial charge on any atom is -0.304 e. The van der Waals surface area contributed by atoms with Crippen molar-refractivity contribution in [3.05, 3.63) is 12.2 Å². The van der Waals surface area contributed by atoms with Gasteiger partial charge in [0, 0.05) is 5.41 Å². The molecule has 0 spiro atoms. The second-order valence-electron chi connectivity index (χ2n) is 12.3. The lowest BCUT2D eigenvalue weighted by Gasteiger charge is -2.51. The van der Waals surface area contributed by atoms with Crippen molar-refractivity contribution in [2.75, 3.05) is 0 Å². The molecule has 0 heterocycles. The van der Waals surface area contributed by atoms with Crippen LogP contribution in [0, 0.1) is 52.3 Å². The van der Waals surface area contributed by atoms with Crippen LogP contribution in [0.5, 0.6) is 0 Å². The van der Waals surface area contributed by atoms with Crippen LogP contribution in [-0.2, 0) is 3.07 Å². The molecule has 0 amide bonds. The maximum atomic E-state index is 6.42. The molecule has 29 heavy (non-hydrogen) atoms. The molecule has 1 nitrogen and oxygen atoms in total. The highest BCUT2D eigenvalue weighted by Crippen LogP contribution is 2.73. The topological polar surface area (TPSA) is 9.23 Å². The number of fused-ring (bicyclic) bond motifs is 5. The molecule has 9 atom stereocenters. The van der Waals surface area contributed by atoms with Crippen LogP contribution in [0.25, 0.3) is 0 Å². The number of halogens is 1. The van der Waals surface area contributed by atoms with E-state index in [1.165, 1.54) is 57.8 Å². The highest BCUT2D eigenvalue weighted by atomic mass is 127. The van der Waals surface area contributed by atoms with Crippen molar-refractivity contribution in [2.45, 2.75) is 105 Å². The molecule has 166 valence electrons. The first kappa shape index (κ1) is 22.6. The number of rotatable bonds is 6. The molecule has 0 aliphatic heterocycles. The Morgan fingerprint density at radius 2 is 1.79 bits per heavy atom. The number of hydrogen-bond donors (Lipinski definition) is 0. The van der Waals surface area contributed by atoms with Crippen molar-refractivity contribution in [3.63, 3.8) is 0 Å². The van der Waals surface area contributed by atoms with Gasteiger partial charge in [0.2, 0.25) is 0 Å². The molecular weight excluding hydrogens is 467 g/mol. The summed E-state index contributed by atoms with van der Waals surface area (Å²) < 4.78 is 6.42. The molecular formula is C27H45IO. The minimum atomic E-state index is -0.0344. The molecule has 2 heteroatoms. The van der Waals surface area contributed by atoms with E-state index in [2.05, 4.69) is 76.7 Å². The zero-order valence-electron chi connectivity index (χ0n) is 19.8. The highest BCUT2D eigenvalue weighted by molar-refractivity contribution is 14.1. The van der Waals surface area contributed by atoms with Gasteiger partial charge in [-0.1, -0.05) is 73.0 Å². The van der Waals surface area contributed by atoms with Gasteiger partial charge in [-0.3, -0.25) is 0 Å². The standard InChI is InChI=1S/C27H45IO/c1-18(2)10-9-11-19(3)21-12-13-22-24-20(4)27(29-28)16-8-7-15-26(27,6)23(24)14-17-25(21,22)5/h8,16,18-24H,7,9-15,17H2,1-6H3/t19-,20?,21-,22?,23?,24?,25-,26-,27-/m1/s1. The van der Waals surface area contributed by atoms with Gasteiger partial charge in [0.1, 0.15) is 28.6 Å². The normalized spacial score (nSPS) is 49.7. The van der Waals surface area contributed by atoms with Crippen molar-refractivity contribution >= 4 is 23.0 Å². The molecule has 4 rings (SSSR count). The summed E-state index contributed by atoms with van der Waals surface area (Å²) in [5.74, 6) is 5.94. The summed E-state index contributed by atoms with van der Waals surface area (Å²) in [6.45, 7) is 15.2. The van der Waals surface area contributed by atoms with Crippen LogP contribution in [-0.4, -0.2) is 5.60 Å². The van der Waals surface area contributed by atoms with Gasteiger partial charge >= 0.3 is 0 Å². The van der Waals surface area contributed by atoms with Gasteiger partial charge in [-0.2, -0.15) is 0 Å². The molecule has 0 saturated heterocycles. The van der Waals surface area contributed by atoms with Gasteiger partial charge in [0.05, 0.1) is 0 Å². The Balaban J connectivity index is 1.58. The molecule has 3 fully saturated rings. The molecule has 0 radical (unpaired) electrons. The van der Waals surface area contributed by atoms with E-state index in [-0.39, 0.29) is 5.60 Å². The summed E-state index contributed by atoms with van der Waals surface area (Å²) in [6, 6.07) is 0. The van der Waals surface area contributed by atoms with E-state index in [1.54, 1.807) is 0 Å². The summed E-state index contributed by atoms with van der Waals surface area (Å²) in [6.07, 6.45) is 17.6. The second-order valence-corrected chi connectivity index (χ2v) is 12.8. The second kappa shape index (κ2) is 8.09. The maximum absolute atomic E-state index is 6.42. The lowest BCUT2D eigenvalue weighted by Crippen LogP contribution is -2.48. The quantitative estimate of drug-likeness (QED) is 0.256. The van der Waals surface area contributed by atoms with Gasteiger partial charge in [0.15, 0.2) is 0 Å².